The summed E-state index contributed by atoms with van der Waals surface area (Å²) in [6.07, 6.45) is 3.96. The van der Waals surface area contributed by atoms with Crippen molar-refractivity contribution in [1.29, 1.82) is 0 Å². The summed E-state index contributed by atoms with van der Waals surface area (Å²) in [7, 11) is 0. The monoisotopic (exact) mass is 462 g/mol. The zero-order valence-corrected chi connectivity index (χ0v) is 18.3. The molecule has 3 aromatic carbocycles. The van der Waals surface area contributed by atoms with Gasteiger partial charge in [0.05, 0.1) is 5.56 Å². The van der Waals surface area contributed by atoms with Crippen LogP contribution in [0.2, 0.25) is 0 Å². The molecular formula is C27H24F6. The molecule has 174 valence electrons. The van der Waals surface area contributed by atoms with Crippen LogP contribution in [-0.2, 0) is 19.3 Å². The van der Waals surface area contributed by atoms with Gasteiger partial charge in [0, 0.05) is 5.56 Å². The molecule has 0 aliphatic heterocycles. The van der Waals surface area contributed by atoms with Gasteiger partial charge in [-0.1, -0.05) is 25.8 Å². The van der Waals surface area contributed by atoms with Crippen LogP contribution in [0.5, 0.6) is 0 Å². The van der Waals surface area contributed by atoms with E-state index in [-0.39, 0.29) is 36.0 Å². The molecule has 0 spiro atoms. The lowest BCUT2D eigenvalue weighted by atomic mass is 9.78. The smallest absolute Gasteiger partial charge is 0.159 e. The standard InChI is InChI=1S/C27H24F6/c1-2-3-4-5-15-10-22(30)25(23(31)11-15)16-6-8-19-18(12-16)14-24(32)26(27(19)33)17-7-9-20(28)21(29)13-17/h7,9-11,13-14,16H,2-6,8,12H2,1H3. The van der Waals surface area contributed by atoms with Gasteiger partial charge in [-0.15, -0.1) is 0 Å². The fourth-order valence-corrected chi connectivity index (χ4v) is 4.76. The summed E-state index contributed by atoms with van der Waals surface area (Å²) in [5, 5.41) is 0. The molecule has 1 aliphatic carbocycles. The number of hydrogen-bond acceptors (Lipinski definition) is 0. The molecule has 3 aromatic rings. The molecule has 0 aromatic heterocycles. The van der Waals surface area contributed by atoms with Gasteiger partial charge in [-0.25, -0.2) is 26.3 Å². The number of fused-ring (bicyclic) bond motifs is 1. The molecule has 1 atom stereocenters. The molecule has 1 unspecified atom stereocenters. The van der Waals surface area contributed by atoms with Crippen molar-refractivity contribution in [2.24, 2.45) is 0 Å². The predicted molar refractivity (Wildman–Crippen MR) is 116 cm³/mol. The van der Waals surface area contributed by atoms with Crippen LogP contribution in [0.1, 0.15) is 60.8 Å². The van der Waals surface area contributed by atoms with Gasteiger partial charge in [-0.2, -0.15) is 0 Å². The van der Waals surface area contributed by atoms with E-state index in [0.717, 1.165) is 43.5 Å². The Balaban J connectivity index is 1.64. The minimum atomic E-state index is -1.20. The molecular weight excluding hydrogens is 438 g/mol. The number of benzene rings is 3. The lowest BCUT2D eigenvalue weighted by Crippen LogP contribution is -2.18. The second kappa shape index (κ2) is 9.62. The van der Waals surface area contributed by atoms with Crippen LogP contribution in [0, 0.1) is 34.9 Å². The zero-order valence-electron chi connectivity index (χ0n) is 18.3. The van der Waals surface area contributed by atoms with Crippen molar-refractivity contribution in [1.82, 2.24) is 0 Å². The van der Waals surface area contributed by atoms with Crippen LogP contribution in [0.3, 0.4) is 0 Å². The average molecular weight is 462 g/mol. The highest BCUT2D eigenvalue weighted by molar-refractivity contribution is 5.67. The second-order valence-electron chi connectivity index (χ2n) is 8.68. The molecule has 0 nitrogen and oxygen atoms in total. The first kappa shape index (κ1) is 23.4. The average Bonchev–Trinajstić information content (AvgIpc) is 2.76. The summed E-state index contributed by atoms with van der Waals surface area (Å²) in [5.74, 6) is -5.89. The Bertz CT molecular complexity index is 1160. The maximum Gasteiger partial charge on any atom is 0.159 e. The molecule has 0 N–H and O–H groups in total. The van der Waals surface area contributed by atoms with Crippen molar-refractivity contribution in [2.75, 3.05) is 0 Å². The summed E-state index contributed by atoms with van der Waals surface area (Å²) >= 11 is 0. The molecule has 0 saturated heterocycles. The summed E-state index contributed by atoms with van der Waals surface area (Å²) < 4.78 is 86.6. The molecule has 4 rings (SSSR count). The molecule has 0 radical (unpaired) electrons. The van der Waals surface area contributed by atoms with E-state index in [9.17, 15) is 22.0 Å². The normalized spacial score (nSPS) is 15.5. The first-order chi connectivity index (χ1) is 15.8. The van der Waals surface area contributed by atoms with E-state index in [1.165, 1.54) is 12.1 Å². The predicted octanol–water partition coefficient (Wildman–Crippen LogP) is 8.19. The largest absolute Gasteiger partial charge is 0.207 e. The molecule has 0 fully saturated rings. The SMILES string of the molecule is CCCCCc1cc(F)c(C2CCc3c(cc(F)c(-c4ccc(F)c(F)c4)c3F)C2)c(F)c1. The molecule has 0 saturated carbocycles. The van der Waals surface area contributed by atoms with Crippen molar-refractivity contribution in [3.05, 3.63) is 93.6 Å². The van der Waals surface area contributed by atoms with E-state index in [1.807, 2.05) is 0 Å². The van der Waals surface area contributed by atoms with E-state index in [2.05, 4.69) is 6.92 Å². The highest BCUT2D eigenvalue weighted by Crippen LogP contribution is 2.40. The van der Waals surface area contributed by atoms with E-state index in [0.29, 0.717) is 17.5 Å². The van der Waals surface area contributed by atoms with E-state index in [4.69, 9.17) is 0 Å². The van der Waals surface area contributed by atoms with Gasteiger partial charge in [-0.05, 0) is 90.6 Å². The Labute approximate surface area is 189 Å². The first-order valence-corrected chi connectivity index (χ1v) is 11.2. The summed E-state index contributed by atoms with van der Waals surface area (Å²) in [6, 6.07) is 6.53. The van der Waals surface area contributed by atoms with Crippen molar-refractivity contribution in [2.45, 2.75) is 57.8 Å². The Morgan fingerprint density at radius 3 is 2.18 bits per heavy atom. The first-order valence-electron chi connectivity index (χ1n) is 11.2. The van der Waals surface area contributed by atoms with Gasteiger partial charge < -0.3 is 0 Å². The van der Waals surface area contributed by atoms with Crippen LogP contribution in [0.4, 0.5) is 26.3 Å². The van der Waals surface area contributed by atoms with Gasteiger partial charge in [0.25, 0.3) is 0 Å². The molecule has 33 heavy (non-hydrogen) atoms. The van der Waals surface area contributed by atoms with Crippen LogP contribution in [0.25, 0.3) is 11.1 Å². The van der Waals surface area contributed by atoms with Gasteiger partial charge in [0.2, 0.25) is 0 Å². The lowest BCUT2D eigenvalue weighted by molar-refractivity contribution is 0.477. The molecule has 0 bridgehead atoms. The zero-order chi connectivity index (χ0) is 23.7. The maximum atomic E-state index is 15.2. The molecule has 0 amide bonds. The van der Waals surface area contributed by atoms with Gasteiger partial charge >= 0.3 is 0 Å². The van der Waals surface area contributed by atoms with Crippen molar-refractivity contribution >= 4 is 0 Å². The van der Waals surface area contributed by atoms with Gasteiger partial charge in [-0.3, -0.25) is 0 Å². The Hall–Kier alpha value is -2.76. The third-order valence-corrected chi connectivity index (χ3v) is 6.45. The second-order valence-corrected chi connectivity index (χ2v) is 8.68. The van der Waals surface area contributed by atoms with E-state index in [1.54, 1.807) is 0 Å². The van der Waals surface area contributed by atoms with Gasteiger partial charge in [0.15, 0.2) is 11.6 Å². The van der Waals surface area contributed by atoms with Gasteiger partial charge in [0.1, 0.15) is 23.3 Å². The fraction of sp³-hybridized carbons (Fsp3) is 0.333. The quantitative estimate of drug-likeness (QED) is 0.256. The topological polar surface area (TPSA) is 0 Å². The lowest BCUT2D eigenvalue weighted by Gasteiger charge is -2.27. The van der Waals surface area contributed by atoms with Crippen LogP contribution >= 0.6 is 0 Å². The highest BCUT2D eigenvalue weighted by atomic mass is 19.2. The minimum Gasteiger partial charge on any atom is -0.207 e. The third kappa shape index (κ3) is 4.66. The number of rotatable bonds is 6. The summed E-state index contributed by atoms with van der Waals surface area (Å²) in [4.78, 5) is 0. The number of halogens is 6. The molecule has 1 aliphatic rings. The van der Waals surface area contributed by atoms with Crippen LogP contribution in [0.15, 0.2) is 36.4 Å². The van der Waals surface area contributed by atoms with Crippen molar-refractivity contribution in [3.63, 3.8) is 0 Å². The van der Waals surface area contributed by atoms with Crippen molar-refractivity contribution < 1.29 is 26.3 Å². The number of hydrogen-bond donors (Lipinski definition) is 0. The maximum absolute atomic E-state index is 15.2. The molecule has 6 heteroatoms. The summed E-state index contributed by atoms with van der Waals surface area (Å²) in [6.45, 7) is 2.05. The van der Waals surface area contributed by atoms with Crippen LogP contribution in [-0.4, -0.2) is 0 Å². The third-order valence-electron chi connectivity index (χ3n) is 6.45. The summed E-state index contributed by atoms with van der Waals surface area (Å²) in [5.41, 5.74) is 0.587. The highest BCUT2D eigenvalue weighted by Gasteiger charge is 2.30. The Morgan fingerprint density at radius 1 is 0.788 bits per heavy atom. The van der Waals surface area contributed by atoms with E-state index >= 15 is 4.39 Å². The Kier molecular flexibility index (Phi) is 6.82. The molecule has 0 heterocycles. The van der Waals surface area contributed by atoms with Crippen LogP contribution < -0.4 is 0 Å². The number of aryl methyl sites for hydroxylation is 1. The Morgan fingerprint density at radius 2 is 1.52 bits per heavy atom. The van der Waals surface area contributed by atoms with Crippen molar-refractivity contribution in [3.8, 4) is 11.1 Å². The number of unbranched alkanes of at least 4 members (excludes halogenated alkanes) is 2. The minimum absolute atomic E-state index is 0.0506. The fourth-order valence-electron chi connectivity index (χ4n) is 4.76. The van der Waals surface area contributed by atoms with E-state index < -0.39 is 46.4 Å².